The van der Waals surface area contributed by atoms with Gasteiger partial charge in [-0.25, -0.2) is 8.42 Å². The maximum absolute atomic E-state index is 11.5. The number of hydrogen-bond donors (Lipinski definition) is 0. The smallest absolute Gasteiger partial charge is 0.170 e. The standard InChI is InChI=1S/C8H18O4S/c1-5-7(2)13(9,10)6-8(11-3)12-4/h7-8H,5-6H2,1-4H3. The van der Waals surface area contributed by atoms with Gasteiger partial charge >= 0.3 is 0 Å². The Bertz CT molecular complexity index is 218. The van der Waals surface area contributed by atoms with Gasteiger partial charge in [0.1, 0.15) is 5.75 Å². The van der Waals surface area contributed by atoms with E-state index >= 15 is 0 Å². The Hall–Kier alpha value is -0.130. The summed E-state index contributed by atoms with van der Waals surface area (Å²) in [4.78, 5) is 0. The lowest BCUT2D eigenvalue weighted by Crippen LogP contribution is -2.30. The SMILES string of the molecule is CCC(C)S(=O)(=O)CC(OC)OC. The van der Waals surface area contributed by atoms with Gasteiger partial charge in [0, 0.05) is 14.2 Å². The minimum absolute atomic E-state index is 0.0744. The third-order valence-electron chi connectivity index (χ3n) is 2.08. The highest BCUT2D eigenvalue weighted by atomic mass is 32.2. The van der Waals surface area contributed by atoms with E-state index in [9.17, 15) is 8.42 Å². The van der Waals surface area contributed by atoms with Gasteiger partial charge in [0.05, 0.1) is 5.25 Å². The van der Waals surface area contributed by atoms with Crippen LogP contribution in [0.4, 0.5) is 0 Å². The first kappa shape index (κ1) is 12.9. The van der Waals surface area contributed by atoms with Crippen molar-refractivity contribution in [3.8, 4) is 0 Å². The van der Waals surface area contributed by atoms with Crippen molar-refractivity contribution in [2.45, 2.75) is 31.8 Å². The first-order valence-electron chi connectivity index (χ1n) is 4.25. The average molecular weight is 210 g/mol. The first-order valence-corrected chi connectivity index (χ1v) is 5.96. The molecule has 80 valence electrons. The van der Waals surface area contributed by atoms with E-state index in [1.54, 1.807) is 6.92 Å². The minimum Gasteiger partial charge on any atom is -0.355 e. The lowest BCUT2D eigenvalue weighted by molar-refractivity contribution is -0.0852. The third kappa shape index (κ3) is 4.06. The Morgan fingerprint density at radius 3 is 2.00 bits per heavy atom. The summed E-state index contributed by atoms with van der Waals surface area (Å²) >= 11 is 0. The molecule has 0 spiro atoms. The first-order chi connectivity index (χ1) is 5.97. The van der Waals surface area contributed by atoms with Crippen LogP contribution in [0.25, 0.3) is 0 Å². The molecule has 0 saturated heterocycles. The van der Waals surface area contributed by atoms with E-state index in [2.05, 4.69) is 0 Å². The summed E-state index contributed by atoms with van der Waals surface area (Å²) in [5, 5.41) is -0.333. The maximum Gasteiger partial charge on any atom is 0.170 e. The van der Waals surface area contributed by atoms with Crippen molar-refractivity contribution >= 4 is 9.84 Å². The maximum atomic E-state index is 11.5. The lowest BCUT2D eigenvalue weighted by atomic mass is 10.4. The van der Waals surface area contributed by atoms with Crippen molar-refractivity contribution in [2.24, 2.45) is 0 Å². The monoisotopic (exact) mass is 210 g/mol. The van der Waals surface area contributed by atoms with Crippen molar-refractivity contribution in [3.05, 3.63) is 0 Å². The van der Waals surface area contributed by atoms with Crippen molar-refractivity contribution in [2.75, 3.05) is 20.0 Å². The Morgan fingerprint density at radius 2 is 1.69 bits per heavy atom. The highest BCUT2D eigenvalue weighted by Gasteiger charge is 2.23. The summed E-state index contributed by atoms with van der Waals surface area (Å²) in [5.74, 6) is -0.0744. The van der Waals surface area contributed by atoms with Crippen molar-refractivity contribution in [1.29, 1.82) is 0 Å². The van der Waals surface area contributed by atoms with Crippen molar-refractivity contribution in [1.82, 2.24) is 0 Å². The largest absolute Gasteiger partial charge is 0.355 e. The molecule has 0 aromatic heterocycles. The summed E-state index contributed by atoms with van der Waals surface area (Å²) < 4.78 is 32.7. The summed E-state index contributed by atoms with van der Waals surface area (Å²) in [6, 6.07) is 0. The van der Waals surface area contributed by atoms with Gasteiger partial charge in [0.2, 0.25) is 0 Å². The molecule has 0 aliphatic rings. The van der Waals surface area contributed by atoms with Crippen LogP contribution in [0.3, 0.4) is 0 Å². The molecular formula is C8H18O4S. The van der Waals surface area contributed by atoms with E-state index in [0.717, 1.165) is 0 Å². The van der Waals surface area contributed by atoms with Crippen LogP contribution in [0.2, 0.25) is 0 Å². The van der Waals surface area contributed by atoms with Crippen molar-refractivity contribution < 1.29 is 17.9 Å². The van der Waals surface area contributed by atoms with Gasteiger partial charge in [0.15, 0.2) is 16.1 Å². The fourth-order valence-electron chi connectivity index (χ4n) is 0.840. The zero-order valence-corrected chi connectivity index (χ0v) is 9.43. The number of rotatable bonds is 6. The molecule has 0 fully saturated rings. The average Bonchev–Trinajstić information content (AvgIpc) is 2.12. The molecule has 0 N–H and O–H groups in total. The highest BCUT2D eigenvalue weighted by Crippen LogP contribution is 2.09. The van der Waals surface area contributed by atoms with Crippen LogP contribution < -0.4 is 0 Å². The number of ether oxygens (including phenoxy) is 2. The summed E-state index contributed by atoms with van der Waals surface area (Å²) in [5.41, 5.74) is 0. The van der Waals surface area contributed by atoms with Crippen LogP contribution in [-0.4, -0.2) is 39.9 Å². The predicted octanol–water partition coefficient (Wildman–Crippen LogP) is 0.819. The fraction of sp³-hybridized carbons (Fsp3) is 1.00. The second-order valence-electron chi connectivity index (χ2n) is 2.95. The van der Waals surface area contributed by atoms with Gasteiger partial charge in [-0.3, -0.25) is 0 Å². The van der Waals surface area contributed by atoms with Gasteiger partial charge in [-0.1, -0.05) is 6.92 Å². The molecule has 0 bridgehead atoms. The molecule has 0 saturated carbocycles. The molecule has 0 aliphatic heterocycles. The van der Waals surface area contributed by atoms with Gasteiger partial charge < -0.3 is 9.47 Å². The van der Waals surface area contributed by atoms with E-state index in [0.29, 0.717) is 6.42 Å². The minimum atomic E-state index is -3.08. The zero-order chi connectivity index (χ0) is 10.5. The highest BCUT2D eigenvalue weighted by molar-refractivity contribution is 7.92. The fourth-order valence-corrected chi connectivity index (χ4v) is 2.33. The van der Waals surface area contributed by atoms with E-state index in [4.69, 9.17) is 9.47 Å². The topological polar surface area (TPSA) is 52.6 Å². The molecule has 0 aromatic carbocycles. The van der Waals surface area contributed by atoms with E-state index < -0.39 is 16.1 Å². The number of methoxy groups -OCH3 is 2. The normalized spacial score (nSPS) is 14.8. The molecular weight excluding hydrogens is 192 g/mol. The molecule has 4 nitrogen and oxygen atoms in total. The molecule has 5 heteroatoms. The van der Waals surface area contributed by atoms with Gasteiger partial charge in [-0.2, -0.15) is 0 Å². The Kier molecular flexibility index (Phi) is 5.51. The molecule has 13 heavy (non-hydrogen) atoms. The van der Waals surface area contributed by atoms with Crippen LogP contribution in [0, 0.1) is 0 Å². The predicted molar refractivity (Wildman–Crippen MR) is 51.3 cm³/mol. The van der Waals surface area contributed by atoms with Crippen LogP contribution >= 0.6 is 0 Å². The quantitative estimate of drug-likeness (QED) is 0.609. The molecule has 0 aromatic rings. The molecule has 0 heterocycles. The van der Waals surface area contributed by atoms with E-state index in [1.165, 1.54) is 14.2 Å². The van der Waals surface area contributed by atoms with E-state index in [1.807, 2.05) is 6.92 Å². The molecule has 0 radical (unpaired) electrons. The summed E-state index contributed by atoms with van der Waals surface area (Å²) in [6.07, 6.45) is -0.0401. The lowest BCUT2D eigenvalue weighted by Gasteiger charge is -2.16. The van der Waals surface area contributed by atoms with Gasteiger partial charge in [0.25, 0.3) is 0 Å². The molecule has 0 amide bonds. The van der Waals surface area contributed by atoms with Crippen LogP contribution in [-0.2, 0) is 19.3 Å². The molecule has 1 atom stereocenters. The summed E-state index contributed by atoms with van der Waals surface area (Å²) in [6.45, 7) is 3.54. The molecule has 0 aliphatic carbocycles. The number of hydrogen-bond acceptors (Lipinski definition) is 4. The molecule has 1 unspecified atom stereocenters. The van der Waals surface area contributed by atoms with Crippen LogP contribution in [0.5, 0.6) is 0 Å². The van der Waals surface area contributed by atoms with Gasteiger partial charge in [-0.05, 0) is 13.3 Å². The summed E-state index contributed by atoms with van der Waals surface area (Å²) in [7, 11) is -0.222. The van der Waals surface area contributed by atoms with E-state index in [-0.39, 0.29) is 11.0 Å². The number of sulfone groups is 1. The van der Waals surface area contributed by atoms with Gasteiger partial charge in [-0.15, -0.1) is 0 Å². The Balaban J connectivity index is 4.32. The van der Waals surface area contributed by atoms with Crippen molar-refractivity contribution in [3.63, 3.8) is 0 Å². The Morgan fingerprint density at radius 1 is 1.23 bits per heavy atom. The van der Waals surface area contributed by atoms with Crippen LogP contribution in [0.1, 0.15) is 20.3 Å². The third-order valence-corrected chi connectivity index (χ3v) is 4.38. The second kappa shape index (κ2) is 5.57. The molecule has 0 rings (SSSR count). The second-order valence-corrected chi connectivity index (χ2v) is 5.41. The van der Waals surface area contributed by atoms with Crippen LogP contribution in [0.15, 0.2) is 0 Å². The zero-order valence-electron chi connectivity index (χ0n) is 8.61. The Labute approximate surface area is 80.1 Å².